The predicted octanol–water partition coefficient (Wildman–Crippen LogP) is 7.14. The van der Waals surface area contributed by atoms with Gasteiger partial charge in [-0.25, -0.2) is 0 Å². The van der Waals surface area contributed by atoms with E-state index in [4.69, 9.17) is 0 Å². The number of rotatable bonds is 2. The van der Waals surface area contributed by atoms with E-state index in [0.717, 1.165) is 11.7 Å². The van der Waals surface area contributed by atoms with Gasteiger partial charge in [-0.1, -0.05) is 88.2 Å². The van der Waals surface area contributed by atoms with Gasteiger partial charge in [0.2, 0.25) is 0 Å². The molecule has 2 heteroatoms. The second-order valence-electron chi connectivity index (χ2n) is 6.07. The third-order valence-electron chi connectivity index (χ3n) is 3.11. The van der Waals surface area contributed by atoms with Crippen LogP contribution >= 0.6 is 0 Å². The summed E-state index contributed by atoms with van der Waals surface area (Å²) in [6, 6.07) is 0.728. The Kier molecular flexibility index (Phi) is 27.8. The first-order valence-electron chi connectivity index (χ1n) is 9.66. The van der Waals surface area contributed by atoms with Crippen molar-refractivity contribution in [1.82, 2.24) is 5.32 Å². The lowest BCUT2D eigenvalue weighted by atomic mass is 9.92. The first-order chi connectivity index (χ1) is 10.7. The van der Waals surface area contributed by atoms with E-state index in [2.05, 4.69) is 11.9 Å². The Labute approximate surface area is 148 Å². The van der Waals surface area contributed by atoms with Crippen LogP contribution in [0.5, 0.6) is 0 Å². The summed E-state index contributed by atoms with van der Waals surface area (Å²) in [5, 5.41) is 3.39. The van der Waals surface area contributed by atoms with E-state index < -0.39 is 0 Å². The molecule has 1 aliphatic carbocycles. The van der Waals surface area contributed by atoms with Gasteiger partial charge < -0.3 is 5.32 Å². The second kappa shape index (κ2) is 21.2. The van der Waals surface area contributed by atoms with Crippen LogP contribution in [0.1, 0.15) is 108 Å². The van der Waals surface area contributed by atoms with Gasteiger partial charge in [-0.15, -0.1) is 0 Å². The third-order valence-corrected chi connectivity index (χ3v) is 3.11. The highest BCUT2D eigenvalue weighted by atomic mass is 16.1. The molecule has 1 N–H and O–H groups in total. The highest BCUT2D eigenvalue weighted by Gasteiger charge is 2.14. The van der Waals surface area contributed by atoms with E-state index in [1.54, 1.807) is 6.92 Å². The molecular formula is C21H47NO. The lowest BCUT2D eigenvalue weighted by Gasteiger charge is -2.23. The summed E-state index contributed by atoms with van der Waals surface area (Å²) in [5.74, 6) is 0.243. The van der Waals surface area contributed by atoms with E-state index in [-0.39, 0.29) is 11.2 Å². The summed E-state index contributed by atoms with van der Waals surface area (Å²) in [4.78, 5) is 10.5. The molecule has 0 aromatic carbocycles. The predicted molar refractivity (Wildman–Crippen MR) is 109 cm³/mol. The molecule has 0 aromatic heterocycles. The molecule has 0 aromatic rings. The van der Waals surface area contributed by atoms with Crippen molar-refractivity contribution in [2.75, 3.05) is 0 Å². The van der Waals surface area contributed by atoms with Gasteiger partial charge in [-0.3, -0.25) is 4.79 Å². The van der Waals surface area contributed by atoms with E-state index in [9.17, 15) is 4.79 Å². The molecule has 1 aliphatic rings. The molecule has 1 saturated carbocycles. The molecule has 142 valence electrons. The molecule has 0 atom stereocenters. The van der Waals surface area contributed by atoms with Gasteiger partial charge in [0, 0.05) is 17.2 Å². The Morgan fingerprint density at radius 3 is 1.39 bits per heavy atom. The molecule has 0 unspecified atom stereocenters. The molecule has 0 heterocycles. The minimum absolute atomic E-state index is 0.139. The van der Waals surface area contributed by atoms with Crippen molar-refractivity contribution in [2.45, 2.75) is 114 Å². The van der Waals surface area contributed by atoms with Crippen molar-refractivity contribution in [3.8, 4) is 0 Å². The standard InChI is InChI=1S/C9H17N.C6H12O.3C2H6/c1-8(2)10-9-6-4-3-5-7-9;1-5(7)6(2,3)4;3*1-2/h9-10H,1,3-7H2,2H3;1-4H3;3*1-2H3. The highest BCUT2D eigenvalue weighted by Crippen LogP contribution is 2.17. The fourth-order valence-corrected chi connectivity index (χ4v) is 1.60. The van der Waals surface area contributed by atoms with Gasteiger partial charge >= 0.3 is 0 Å². The number of carbonyl (C=O) groups excluding carboxylic acids is 1. The maximum absolute atomic E-state index is 10.5. The van der Waals surface area contributed by atoms with Gasteiger partial charge in [-0.2, -0.15) is 0 Å². The maximum atomic E-state index is 10.5. The van der Waals surface area contributed by atoms with Crippen LogP contribution in [0.4, 0.5) is 0 Å². The van der Waals surface area contributed by atoms with E-state index in [1.807, 2.05) is 69.2 Å². The van der Waals surface area contributed by atoms with Gasteiger partial charge in [0.15, 0.2) is 0 Å². The summed E-state index contributed by atoms with van der Waals surface area (Å²) in [5.41, 5.74) is 0.979. The van der Waals surface area contributed by atoms with Crippen molar-refractivity contribution < 1.29 is 4.79 Å². The lowest BCUT2D eigenvalue weighted by Crippen LogP contribution is -2.28. The first kappa shape index (κ1) is 30.1. The fourth-order valence-electron chi connectivity index (χ4n) is 1.60. The van der Waals surface area contributed by atoms with Crippen molar-refractivity contribution in [2.24, 2.45) is 5.41 Å². The van der Waals surface area contributed by atoms with Crippen LogP contribution in [0.25, 0.3) is 0 Å². The summed E-state index contributed by atoms with van der Waals surface area (Å²) >= 11 is 0. The molecule has 0 bridgehead atoms. The number of carbonyl (C=O) groups is 1. The molecule has 0 radical (unpaired) electrons. The normalized spacial score (nSPS) is 13.2. The molecule has 0 aliphatic heterocycles. The maximum Gasteiger partial charge on any atom is 0.135 e. The average Bonchev–Trinajstić information content (AvgIpc) is 2.53. The molecular weight excluding hydrogens is 282 g/mol. The molecule has 0 spiro atoms. The van der Waals surface area contributed by atoms with Crippen LogP contribution in [-0.2, 0) is 4.79 Å². The Morgan fingerprint density at radius 2 is 1.17 bits per heavy atom. The Balaban J connectivity index is -0.000000122. The lowest BCUT2D eigenvalue weighted by molar-refractivity contribution is -0.124. The largest absolute Gasteiger partial charge is 0.386 e. The molecule has 0 amide bonds. The van der Waals surface area contributed by atoms with Crippen molar-refractivity contribution >= 4 is 5.78 Å². The number of Topliss-reactive ketones (excluding diaryl/α,β-unsaturated/α-hetero) is 1. The summed E-state index contributed by atoms with van der Waals surface area (Å²) in [6.07, 6.45) is 6.89. The zero-order valence-corrected chi connectivity index (χ0v) is 18.2. The second-order valence-corrected chi connectivity index (χ2v) is 6.07. The zero-order chi connectivity index (χ0) is 19.5. The quantitative estimate of drug-likeness (QED) is 0.583. The van der Waals surface area contributed by atoms with E-state index in [0.29, 0.717) is 0 Å². The zero-order valence-electron chi connectivity index (χ0n) is 18.2. The van der Waals surface area contributed by atoms with Crippen molar-refractivity contribution in [1.29, 1.82) is 0 Å². The molecule has 23 heavy (non-hydrogen) atoms. The first-order valence-corrected chi connectivity index (χ1v) is 9.66. The number of allylic oxidation sites excluding steroid dienone is 1. The van der Waals surface area contributed by atoms with Crippen LogP contribution < -0.4 is 5.32 Å². The van der Waals surface area contributed by atoms with Crippen LogP contribution in [0.15, 0.2) is 12.3 Å². The minimum atomic E-state index is -0.139. The fraction of sp³-hybridized carbons (Fsp3) is 0.857. The summed E-state index contributed by atoms with van der Waals surface area (Å²) in [6.45, 7) is 25.2. The average molecular weight is 330 g/mol. The Bertz CT molecular complexity index is 245. The topological polar surface area (TPSA) is 29.1 Å². The summed E-state index contributed by atoms with van der Waals surface area (Å²) in [7, 11) is 0. The van der Waals surface area contributed by atoms with E-state index >= 15 is 0 Å². The van der Waals surface area contributed by atoms with Crippen LogP contribution in [-0.4, -0.2) is 11.8 Å². The minimum Gasteiger partial charge on any atom is -0.386 e. The Morgan fingerprint density at radius 1 is 0.870 bits per heavy atom. The van der Waals surface area contributed by atoms with Crippen molar-refractivity contribution in [3.63, 3.8) is 0 Å². The smallest absolute Gasteiger partial charge is 0.135 e. The van der Waals surface area contributed by atoms with Crippen molar-refractivity contribution in [3.05, 3.63) is 12.3 Å². The van der Waals surface area contributed by atoms with E-state index in [1.165, 1.54) is 32.1 Å². The van der Waals surface area contributed by atoms with Gasteiger partial charge in [0.05, 0.1) is 0 Å². The monoisotopic (exact) mass is 329 g/mol. The molecule has 0 saturated heterocycles. The molecule has 1 rings (SSSR count). The summed E-state index contributed by atoms with van der Waals surface area (Å²) < 4.78 is 0. The number of ketones is 1. The number of hydrogen-bond acceptors (Lipinski definition) is 2. The van der Waals surface area contributed by atoms with Gasteiger partial charge in [0.1, 0.15) is 5.78 Å². The van der Waals surface area contributed by atoms with Gasteiger partial charge in [0.25, 0.3) is 0 Å². The number of hydrogen-bond donors (Lipinski definition) is 1. The van der Waals surface area contributed by atoms with Gasteiger partial charge in [-0.05, 0) is 26.7 Å². The highest BCUT2D eigenvalue weighted by molar-refractivity contribution is 5.80. The Hall–Kier alpha value is -0.790. The van der Waals surface area contributed by atoms with Crippen LogP contribution in [0.2, 0.25) is 0 Å². The number of nitrogens with one attached hydrogen (secondary N) is 1. The SMILES string of the molecule is C=C(C)NC1CCCCC1.CC.CC.CC.CC(=O)C(C)(C)C. The third kappa shape index (κ3) is 26.4. The van der Waals surface area contributed by atoms with Crippen LogP contribution in [0, 0.1) is 5.41 Å². The molecule has 1 fully saturated rings. The molecule has 2 nitrogen and oxygen atoms in total. The van der Waals surface area contributed by atoms with Crippen LogP contribution in [0.3, 0.4) is 0 Å².